The summed E-state index contributed by atoms with van der Waals surface area (Å²) in [6, 6.07) is 0. The summed E-state index contributed by atoms with van der Waals surface area (Å²) in [6.07, 6.45) is 4.00. The molecule has 18 nitrogen and oxygen atoms in total. The molecule has 16 fully saturated rings. The zero-order valence-electron chi connectivity index (χ0n) is 49.5. The Bertz CT molecular complexity index is 2430. The molecule has 0 amide bonds. The topological polar surface area (TPSA) is 168 Å². The number of rotatable bonds is 4. The van der Waals surface area contributed by atoms with Crippen LogP contribution in [-0.2, 0) is 80.6 Å². The Balaban J connectivity index is 0.659. The Morgan fingerprint density at radius 1 is 0.568 bits per heavy atom. The van der Waals surface area contributed by atoms with Gasteiger partial charge >= 0.3 is 5.97 Å². The molecule has 16 aliphatic rings. The summed E-state index contributed by atoms with van der Waals surface area (Å²) >= 11 is 0. The molecular weight excluding hydrogens is 1040 g/mol. The fourth-order valence-corrected chi connectivity index (χ4v) is 18.6. The van der Waals surface area contributed by atoms with Crippen LogP contribution in [0.1, 0.15) is 151 Å². The number of carbonyl (C=O) groups is 1. The van der Waals surface area contributed by atoms with Crippen molar-refractivity contribution in [3.63, 3.8) is 0 Å². The number of fused-ring (bicyclic) bond motifs is 10. The predicted molar refractivity (Wildman–Crippen MR) is 288 cm³/mol. The van der Waals surface area contributed by atoms with E-state index in [9.17, 15) is 4.79 Å². The van der Waals surface area contributed by atoms with Crippen LogP contribution in [0.25, 0.3) is 0 Å². The first-order valence-corrected chi connectivity index (χ1v) is 31.9. The minimum Gasteiger partial charge on any atom is -0.459 e. The lowest BCUT2D eigenvalue weighted by atomic mass is 9.79. The molecule has 0 aromatic carbocycles. The van der Waals surface area contributed by atoms with Crippen molar-refractivity contribution in [1.82, 2.24) is 4.90 Å². The second-order valence-electron chi connectivity index (χ2n) is 29.0. The summed E-state index contributed by atoms with van der Waals surface area (Å²) < 4.78 is 112. The summed E-state index contributed by atoms with van der Waals surface area (Å²) in [5, 5.41) is 0. The molecule has 0 aromatic heterocycles. The average molecular weight is 1140 g/mol. The van der Waals surface area contributed by atoms with E-state index in [1.54, 1.807) is 0 Å². The van der Waals surface area contributed by atoms with E-state index in [1.807, 2.05) is 0 Å². The van der Waals surface area contributed by atoms with Crippen LogP contribution in [0.4, 0.5) is 0 Å². The van der Waals surface area contributed by atoms with Crippen LogP contribution in [-0.4, -0.2) is 189 Å². The first-order valence-electron chi connectivity index (χ1n) is 31.9. The van der Waals surface area contributed by atoms with Gasteiger partial charge in [0.1, 0.15) is 60.5 Å². The summed E-state index contributed by atoms with van der Waals surface area (Å²) in [5.41, 5.74) is 1.55. The van der Waals surface area contributed by atoms with Crippen LogP contribution in [0, 0.1) is 35.5 Å². The van der Waals surface area contributed by atoms with Crippen LogP contribution >= 0.6 is 0 Å². The van der Waals surface area contributed by atoms with Gasteiger partial charge in [0.25, 0.3) is 0 Å². The fraction of sp³-hybridized carbons (Fsp3) is 0.921. The van der Waals surface area contributed by atoms with Gasteiger partial charge in [-0.05, 0) is 114 Å². The monoisotopic (exact) mass is 1140 g/mol. The summed E-state index contributed by atoms with van der Waals surface area (Å²) in [4.78, 5) is 16.9. The normalized spacial score (nSPS) is 57.6. The van der Waals surface area contributed by atoms with Gasteiger partial charge in [-0.3, -0.25) is 4.79 Å². The third-order valence-corrected chi connectivity index (χ3v) is 23.1. The Kier molecular flexibility index (Phi) is 14.1. The number of hydrogen-bond acceptors (Lipinski definition) is 18. The second-order valence-corrected chi connectivity index (χ2v) is 29.0. The maximum absolute atomic E-state index is 14.6. The van der Waals surface area contributed by atoms with Crippen molar-refractivity contribution in [2.75, 3.05) is 20.6 Å². The molecular formula is C63H93NO17. The number of nitrogens with zero attached hydrogens (tertiary/aromatic N) is 1. The number of carbonyl (C=O) groups excluding carboxylic acids is 1. The molecule has 16 rings (SSSR count). The number of ether oxygens (including phenoxy) is 16. The Morgan fingerprint density at radius 2 is 1.30 bits per heavy atom. The van der Waals surface area contributed by atoms with Gasteiger partial charge in [0.05, 0.1) is 73.6 Å². The second kappa shape index (κ2) is 20.4. The first-order chi connectivity index (χ1) is 38.7. The largest absolute Gasteiger partial charge is 0.459 e. The van der Waals surface area contributed by atoms with E-state index in [0.717, 1.165) is 75.5 Å². The predicted octanol–water partition coefficient (Wildman–Crippen LogP) is 7.59. The highest BCUT2D eigenvalue weighted by molar-refractivity contribution is 5.70. The summed E-state index contributed by atoms with van der Waals surface area (Å²) in [7, 11) is 4.26. The minimum absolute atomic E-state index is 0.00572. The van der Waals surface area contributed by atoms with Crippen LogP contribution < -0.4 is 0 Å². The Hall–Kier alpha value is -1.69. The van der Waals surface area contributed by atoms with Gasteiger partial charge in [0, 0.05) is 56.8 Å². The van der Waals surface area contributed by atoms with Crippen molar-refractivity contribution >= 4 is 5.97 Å². The lowest BCUT2D eigenvalue weighted by molar-refractivity contribution is -0.392. The molecule has 18 heteroatoms. The Labute approximate surface area is 479 Å². The van der Waals surface area contributed by atoms with E-state index < -0.39 is 78.3 Å². The summed E-state index contributed by atoms with van der Waals surface area (Å²) in [5.74, 6) is -2.26. The molecule has 81 heavy (non-hydrogen) atoms. The smallest absolute Gasteiger partial charge is 0.308 e. The van der Waals surface area contributed by atoms with Crippen LogP contribution in [0.2, 0.25) is 0 Å². The molecule has 12 bridgehead atoms. The average Bonchev–Trinajstić information content (AvgIpc) is 3.53. The Morgan fingerprint density at radius 3 is 2.12 bits per heavy atom. The van der Waals surface area contributed by atoms with Gasteiger partial charge in [0.2, 0.25) is 0 Å². The van der Waals surface area contributed by atoms with Gasteiger partial charge in [0.15, 0.2) is 29.9 Å². The number of hydrogen-bond donors (Lipinski definition) is 0. The van der Waals surface area contributed by atoms with Crippen molar-refractivity contribution in [3.05, 3.63) is 24.3 Å². The lowest BCUT2D eigenvalue weighted by Gasteiger charge is -2.51. The van der Waals surface area contributed by atoms with Crippen molar-refractivity contribution in [2.45, 2.75) is 309 Å². The van der Waals surface area contributed by atoms with Crippen molar-refractivity contribution in [3.8, 4) is 0 Å². The van der Waals surface area contributed by atoms with Crippen LogP contribution in [0.3, 0.4) is 0 Å². The van der Waals surface area contributed by atoms with Crippen molar-refractivity contribution in [2.24, 2.45) is 35.5 Å². The highest BCUT2D eigenvalue weighted by Gasteiger charge is 2.76. The van der Waals surface area contributed by atoms with E-state index in [2.05, 4.69) is 80.6 Å². The fourth-order valence-electron chi connectivity index (χ4n) is 18.6. The first kappa shape index (κ1) is 55.9. The molecule has 16 heterocycles. The van der Waals surface area contributed by atoms with Crippen molar-refractivity contribution in [1.29, 1.82) is 0 Å². The molecule has 452 valence electrons. The van der Waals surface area contributed by atoms with E-state index in [0.29, 0.717) is 50.4 Å². The molecule has 0 saturated carbocycles. The van der Waals surface area contributed by atoms with E-state index >= 15 is 0 Å². The molecule has 3 spiro atoms. The third kappa shape index (κ3) is 9.40. The maximum atomic E-state index is 14.6. The standard InChI is InChI=1S/C63H93NO17/c1-29(17-19-64(10)11)42-23-45-49(70-42)32(4)25-61(75-45)26-33(5)50-46(76-61)27-62(78-50)28-47-58(81-62)74-59-52(71-47)35(7)51-44(72-59)24-43-34(6)30(2)20-37(67-43)12-14-40-31(3)21-39(66-40)16-18-63-36(8)60(9)57(80-63)56-55(77-60)54(79-63)53-41(69-56)15-13-38(68-53)22-48(65)73-51/h29-30,32-33,35-47,49-59H,3,6,12-28H2,1-2,4-5,7-11H3. The van der Waals surface area contributed by atoms with Gasteiger partial charge < -0.3 is 80.7 Å². The SMILES string of the molecule is C=C1CC2CCC34OC5C6OC(CCC6OC6C5OC(C)(C6O3)C4C)CC(=O)OC3C(CC4OC(CCC1O2)CC(C)C4=C)OC1OC2OC4(CC2OC1C3C)CC1OC2(CC(C)C3OC(C(C)CCN(C)C)CC3O2)CC(C)C1O4. The lowest BCUT2D eigenvalue weighted by Crippen LogP contribution is -2.62. The maximum Gasteiger partial charge on any atom is 0.308 e. The van der Waals surface area contributed by atoms with Crippen LogP contribution in [0.15, 0.2) is 24.3 Å². The molecule has 32 atom stereocenters. The van der Waals surface area contributed by atoms with Gasteiger partial charge in [-0.1, -0.05) is 54.7 Å². The van der Waals surface area contributed by atoms with Gasteiger partial charge in [-0.15, -0.1) is 0 Å². The molecule has 0 radical (unpaired) electrons. The van der Waals surface area contributed by atoms with Crippen LogP contribution in [0.5, 0.6) is 0 Å². The molecule has 16 aliphatic heterocycles. The molecule has 16 saturated heterocycles. The van der Waals surface area contributed by atoms with E-state index in [1.165, 1.54) is 0 Å². The highest BCUT2D eigenvalue weighted by Crippen LogP contribution is 2.62. The highest BCUT2D eigenvalue weighted by atomic mass is 16.9. The minimum atomic E-state index is -0.979. The third-order valence-electron chi connectivity index (χ3n) is 23.1. The number of esters is 1. The molecule has 0 N–H and O–H groups in total. The van der Waals surface area contributed by atoms with Gasteiger partial charge in [-0.25, -0.2) is 0 Å². The van der Waals surface area contributed by atoms with Gasteiger partial charge in [-0.2, -0.15) is 0 Å². The molecule has 32 unspecified atom stereocenters. The van der Waals surface area contributed by atoms with Crippen molar-refractivity contribution < 1.29 is 80.6 Å². The summed E-state index contributed by atoms with van der Waals surface area (Å²) in [6.45, 7) is 25.7. The van der Waals surface area contributed by atoms with E-state index in [-0.39, 0.29) is 115 Å². The van der Waals surface area contributed by atoms with E-state index in [4.69, 9.17) is 75.8 Å². The zero-order valence-corrected chi connectivity index (χ0v) is 49.5. The molecule has 0 aliphatic carbocycles. The zero-order chi connectivity index (χ0) is 55.8. The molecule has 0 aromatic rings. The quantitative estimate of drug-likeness (QED) is 0.199.